The maximum atomic E-state index is 12.4. The molecule has 0 aliphatic carbocycles. The first-order chi connectivity index (χ1) is 16.9. The lowest BCUT2D eigenvalue weighted by molar-refractivity contribution is -0.384. The van der Waals surface area contributed by atoms with Crippen LogP contribution in [0.2, 0.25) is 10.0 Å². The normalized spacial score (nSPS) is 10.9. The molecule has 0 unspecified atom stereocenters. The summed E-state index contributed by atoms with van der Waals surface area (Å²) >= 11 is 12.6. The summed E-state index contributed by atoms with van der Waals surface area (Å²) in [5.41, 5.74) is 2.25. The van der Waals surface area contributed by atoms with E-state index in [1.807, 2.05) is 36.4 Å². The van der Waals surface area contributed by atoms with Crippen molar-refractivity contribution in [3.8, 4) is 11.8 Å². The Bertz CT molecular complexity index is 1250. The number of carbonyl (C=O) groups is 1. The van der Waals surface area contributed by atoms with Crippen LogP contribution in [0.25, 0.3) is 6.08 Å². The molecule has 178 valence electrons. The molecule has 0 aliphatic heterocycles. The van der Waals surface area contributed by atoms with Crippen molar-refractivity contribution in [2.75, 3.05) is 6.54 Å². The zero-order valence-electron chi connectivity index (χ0n) is 18.5. The van der Waals surface area contributed by atoms with Gasteiger partial charge in [0.05, 0.1) is 15.0 Å². The summed E-state index contributed by atoms with van der Waals surface area (Å²) < 4.78 is 5.69. The lowest BCUT2D eigenvalue weighted by atomic mass is 10.1. The molecule has 35 heavy (non-hydrogen) atoms. The predicted octanol–water partition coefficient (Wildman–Crippen LogP) is 6.14. The second-order valence-corrected chi connectivity index (χ2v) is 8.36. The van der Waals surface area contributed by atoms with Crippen LogP contribution in [0.1, 0.15) is 23.1 Å². The summed E-state index contributed by atoms with van der Waals surface area (Å²) in [4.78, 5) is 22.7. The average molecular weight is 510 g/mol. The lowest BCUT2D eigenvalue weighted by Gasteiger charge is -2.11. The molecule has 1 amide bonds. The molecule has 0 fully saturated rings. The summed E-state index contributed by atoms with van der Waals surface area (Å²) in [7, 11) is 0. The van der Waals surface area contributed by atoms with Gasteiger partial charge in [0.25, 0.3) is 11.6 Å². The van der Waals surface area contributed by atoms with Crippen molar-refractivity contribution in [2.45, 2.75) is 19.4 Å². The van der Waals surface area contributed by atoms with Crippen LogP contribution in [0, 0.1) is 21.4 Å². The molecule has 7 nitrogen and oxygen atoms in total. The Morgan fingerprint density at radius 2 is 1.71 bits per heavy atom. The topological polar surface area (TPSA) is 105 Å². The van der Waals surface area contributed by atoms with E-state index in [0.717, 1.165) is 12.8 Å². The molecule has 0 saturated heterocycles. The second-order valence-electron chi connectivity index (χ2n) is 7.54. The molecule has 3 rings (SSSR count). The quantitative estimate of drug-likeness (QED) is 0.116. The second kappa shape index (κ2) is 12.6. The third-order valence-electron chi connectivity index (χ3n) is 5.00. The Morgan fingerprint density at radius 3 is 2.31 bits per heavy atom. The lowest BCUT2D eigenvalue weighted by Crippen LogP contribution is -2.25. The number of non-ortho nitro benzene ring substituents is 1. The van der Waals surface area contributed by atoms with Gasteiger partial charge in [-0.05, 0) is 59.9 Å². The predicted molar refractivity (Wildman–Crippen MR) is 135 cm³/mol. The molecule has 0 aromatic heterocycles. The standard InChI is InChI=1S/C26H21Cl2N3O4/c27-23-14-20(13-21(16-29)26(32)30-12-4-7-18-5-2-1-3-6-18)15-24(28)25(23)35-17-19-8-10-22(11-9-19)31(33)34/h1-3,5-6,8-11,13-15H,4,7,12,17H2,(H,30,32)/b21-13-. The Kier molecular flexibility index (Phi) is 9.24. The first kappa shape index (κ1) is 25.8. The van der Waals surface area contributed by atoms with E-state index in [9.17, 15) is 20.2 Å². The summed E-state index contributed by atoms with van der Waals surface area (Å²) in [6.45, 7) is 0.533. The van der Waals surface area contributed by atoms with Crippen molar-refractivity contribution in [1.29, 1.82) is 5.26 Å². The Labute approximate surface area is 212 Å². The smallest absolute Gasteiger partial charge is 0.269 e. The van der Waals surface area contributed by atoms with Crippen LogP contribution in [0.15, 0.2) is 72.3 Å². The van der Waals surface area contributed by atoms with Crippen LogP contribution in [0.3, 0.4) is 0 Å². The molecule has 0 heterocycles. The zero-order chi connectivity index (χ0) is 25.2. The van der Waals surface area contributed by atoms with Crippen LogP contribution in [-0.4, -0.2) is 17.4 Å². The van der Waals surface area contributed by atoms with Crippen LogP contribution < -0.4 is 10.1 Å². The number of halogens is 2. The van der Waals surface area contributed by atoms with Crippen LogP contribution >= 0.6 is 23.2 Å². The summed E-state index contributed by atoms with van der Waals surface area (Å²) in [5, 5.41) is 23.4. The van der Waals surface area contributed by atoms with Crippen molar-refractivity contribution in [3.63, 3.8) is 0 Å². The Balaban J connectivity index is 1.60. The fourth-order valence-corrected chi connectivity index (χ4v) is 3.83. The molecule has 0 atom stereocenters. The first-order valence-electron chi connectivity index (χ1n) is 10.7. The minimum atomic E-state index is -0.481. The van der Waals surface area contributed by atoms with Gasteiger partial charge in [-0.2, -0.15) is 5.26 Å². The number of nitro groups is 1. The van der Waals surface area contributed by atoms with Crippen molar-refractivity contribution in [1.82, 2.24) is 5.32 Å². The van der Waals surface area contributed by atoms with Gasteiger partial charge in [0.2, 0.25) is 0 Å². The number of ether oxygens (including phenoxy) is 1. The van der Waals surface area contributed by atoms with Gasteiger partial charge in [-0.3, -0.25) is 14.9 Å². The van der Waals surface area contributed by atoms with Crippen molar-refractivity contribution in [3.05, 3.63) is 109 Å². The third kappa shape index (κ3) is 7.57. The van der Waals surface area contributed by atoms with E-state index in [1.165, 1.54) is 23.8 Å². The fraction of sp³-hybridized carbons (Fsp3) is 0.154. The zero-order valence-corrected chi connectivity index (χ0v) is 20.1. The van der Waals surface area contributed by atoms with Gasteiger partial charge in [-0.15, -0.1) is 0 Å². The van der Waals surface area contributed by atoms with Gasteiger partial charge in [-0.1, -0.05) is 53.5 Å². The molecule has 1 N–H and O–H groups in total. The van der Waals surface area contributed by atoms with Gasteiger partial charge in [-0.25, -0.2) is 0 Å². The highest BCUT2D eigenvalue weighted by atomic mass is 35.5. The van der Waals surface area contributed by atoms with Crippen molar-refractivity contribution < 1.29 is 14.5 Å². The van der Waals surface area contributed by atoms with E-state index >= 15 is 0 Å². The van der Waals surface area contributed by atoms with E-state index in [4.69, 9.17) is 27.9 Å². The third-order valence-corrected chi connectivity index (χ3v) is 5.56. The van der Waals surface area contributed by atoms with Gasteiger partial charge < -0.3 is 10.1 Å². The molecule has 9 heteroatoms. The number of nitrogens with one attached hydrogen (secondary N) is 1. The van der Waals surface area contributed by atoms with Crippen LogP contribution in [-0.2, 0) is 17.8 Å². The van der Waals surface area contributed by atoms with E-state index in [-0.39, 0.29) is 33.7 Å². The number of aryl methyl sites for hydroxylation is 1. The minimum Gasteiger partial charge on any atom is -0.486 e. The highest BCUT2D eigenvalue weighted by Gasteiger charge is 2.13. The summed E-state index contributed by atoms with van der Waals surface area (Å²) in [6, 6.07) is 20.8. The molecule has 3 aromatic carbocycles. The van der Waals surface area contributed by atoms with Crippen molar-refractivity contribution in [2.24, 2.45) is 0 Å². The molecular weight excluding hydrogens is 489 g/mol. The van der Waals surface area contributed by atoms with E-state index in [0.29, 0.717) is 17.7 Å². The van der Waals surface area contributed by atoms with Crippen LogP contribution in [0.5, 0.6) is 5.75 Å². The average Bonchev–Trinajstić information content (AvgIpc) is 2.85. The Morgan fingerprint density at radius 1 is 1.06 bits per heavy atom. The molecule has 0 radical (unpaired) electrons. The number of hydrogen-bond acceptors (Lipinski definition) is 5. The highest BCUT2D eigenvalue weighted by Crippen LogP contribution is 2.35. The van der Waals surface area contributed by atoms with Gasteiger partial charge in [0.15, 0.2) is 5.75 Å². The molecule has 0 spiro atoms. The maximum Gasteiger partial charge on any atom is 0.269 e. The SMILES string of the molecule is N#C/C(=C/c1cc(Cl)c(OCc2ccc([N+](=O)[O-])cc2)c(Cl)c1)C(=O)NCCCc1ccccc1. The summed E-state index contributed by atoms with van der Waals surface area (Å²) in [6.07, 6.45) is 2.97. The van der Waals surface area contributed by atoms with E-state index in [1.54, 1.807) is 24.3 Å². The van der Waals surface area contributed by atoms with Crippen LogP contribution in [0.4, 0.5) is 5.69 Å². The molecule has 0 bridgehead atoms. The number of nitro benzene ring substituents is 1. The number of hydrogen-bond donors (Lipinski definition) is 1. The number of nitrogens with zero attached hydrogens (tertiary/aromatic N) is 2. The Hall–Kier alpha value is -3.86. The van der Waals surface area contributed by atoms with Gasteiger partial charge in [0.1, 0.15) is 18.2 Å². The number of nitriles is 1. The van der Waals surface area contributed by atoms with Gasteiger partial charge >= 0.3 is 0 Å². The van der Waals surface area contributed by atoms with E-state index < -0.39 is 10.8 Å². The first-order valence-corrected chi connectivity index (χ1v) is 11.4. The number of benzene rings is 3. The number of amides is 1. The number of rotatable bonds is 10. The van der Waals surface area contributed by atoms with Crippen molar-refractivity contribution >= 4 is 40.9 Å². The van der Waals surface area contributed by atoms with E-state index in [2.05, 4.69) is 5.32 Å². The largest absolute Gasteiger partial charge is 0.486 e. The molecule has 0 aliphatic rings. The molecular formula is C26H21Cl2N3O4. The number of carbonyl (C=O) groups excluding carboxylic acids is 1. The monoisotopic (exact) mass is 509 g/mol. The molecule has 0 saturated carbocycles. The fourth-order valence-electron chi connectivity index (χ4n) is 3.22. The highest BCUT2D eigenvalue weighted by molar-refractivity contribution is 6.37. The maximum absolute atomic E-state index is 12.4. The van der Waals surface area contributed by atoms with Gasteiger partial charge in [0, 0.05) is 18.7 Å². The molecule has 3 aromatic rings. The minimum absolute atomic E-state index is 0.0190. The summed E-state index contributed by atoms with van der Waals surface area (Å²) in [5.74, 6) is -0.251.